The number of hydrogen-bond donors (Lipinski definition) is 0. The summed E-state index contributed by atoms with van der Waals surface area (Å²) >= 11 is 3.19. The average molecular weight is 312 g/mol. The second-order valence-corrected chi connectivity index (χ2v) is 6.58. The van der Waals surface area contributed by atoms with Crippen molar-refractivity contribution in [3.8, 4) is 0 Å². The van der Waals surface area contributed by atoms with Gasteiger partial charge in [0.05, 0.1) is 11.6 Å². The number of carbonyl (C=O) groups is 2. The molecule has 2 amide bonds. The van der Waals surface area contributed by atoms with E-state index in [9.17, 15) is 9.59 Å². The van der Waals surface area contributed by atoms with Crippen LogP contribution in [0.2, 0.25) is 0 Å². The molecule has 2 saturated heterocycles. The van der Waals surface area contributed by atoms with Crippen LogP contribution in [0.1, 0.15) is 0 Å². The molecule has 20 heavy (non-hydrogen) atoms. The summed E-state index contributed by atoms with van der Waals surface area (Å²) in [5, 5.41) is 2.98. The van der Waals surface area contributed by atoms with Crippen molar-refractivity contribution < 1.29 is 9.59 Å². The molecule has 0 radical (unpaired) electrons. The van der Waals surface area contributed by atoms with Gasteiger partial charge in [0, 0.05) is 37.8 Å². The maximum absolute atomic E-state index is 12.2. The van der Waals surface area contributed by atoms with Gasteiger partial charge in [0.2, 0.25) is 11.8 Å². The molecule has 3 heterocycles. The van der Waals surface area contributed by atoms with Crippen LogP contribution in [0.5, 0.6) is 0 Å². The van der Waals surface area contributed by atoms with Gasteiger partial charge in [-0.05, 0) is 0 Å². The number of nitrogens with zero attached hydrogens (tertiary/aromatic N) is 4. The third-order valence-corrected chi connectivity index (χ3v) is 5.25. The number of rotatable bonds is 3. The van der Waals surface area contributed by atoms with Crippen LogP contribution in [0, 0.1) is 0 Å². The fraction of sp³-hybridized carbons (Fsp3) is 0.583. The van der Waals surface area contributed by atoms with Crippen LogP contribution in [0.4, 0.5) is 5.13 Å². The first kappa shape index (κ1) is 13.7. The number of piperazine rings is 1. The van der Waals surface area contributed by atoms with Crippen LogP contribution in [0.15, 0.2) is 11.6 Å². The normalized spacial score (nSPS) is 19.8. The van der Waals surface area contributed by atoms with Crippen LogP contribution in [0.3, 0.4) is 0 Å². The molecule has 0 spiro atoms. The summed E-state index contributed by atoms with van der Waals surface area (Å²) in [7, 11) is 0. The minimum absolute atomic E-state index is 0.0552. The smallest absolute Gasteiger partial charge is 0.242 e. The topological polar surface area (TPSA) is 56.8 Å². The Kier molecular flexibility index (Phi) is 4.11. The second-order valence-electron chi connectivity index (χ2n) is 4.75. The predicted molar refractivity (Wildman–Crippen MR) is 79.9 cm³/mol. The Morgan fingerprint density at radius 3 is 2.70 bits per heavy atom. The molecule has 2 aliphatic heterocycles. The van der Waals surface area contributed by atoms with Gasteiger partial charge in [0.1, 0.15) is 6.54 Å². The highest BCUT2D eigenvalue weighted by Crippen LogP contribution is 2.19. The van der Waals surface area contributed by atoms with Crippen LogP contribution >= 0.6 is 23.1 Å². The number of aromatic nitrogens is 1. The van der Waals surface area contributed by atoms with Gasteiger partial charge in [-0.3, -0.25) is 9.59 Å². The molecular weight excluding hydrogens is 296 g/mol. The number of anilines is 1. The van der Waals surface area contributed by atoms with Crippen molar-refractivity contribution in [2.24, 2.45) is 0 Å². The monoisotopic (exact) mass is 312 g/mol. The Morgan fingerprint density at radius 1 is 1.30 bits per heavy atom. The molecule has 0 atom stereocenters. The lowest BCUT2D eigenvalue weighted by molar-refractivity contribution is -0.138. The molecule has 0 N–H and O–H groups in total. The Bertz CT molecular complexity index is 486. The van der Waals surface area contributed by atoms with E-state index in [1.165, 1.54) is 0 Å². The Labute approximate surface area is 125 Å². The van der Waals surface area contributed by atoms with Gasteiger partial charge in [0.25, 0.3) is 0 Å². The van der Waals surface area contributed by atoms with E-state index < -0.39 is 0 Å². The number of carbonyl (C=O) groups excluding carboxylic acids is 2. The first-order chi connectivity index (χ1) is 9.74. The molecule has 0 saturated carbocycles. The highest BCUT2D eigenvalue weighted by Gasteiger charge is 2.27. The zero-order chi connectivity index (χ0) is 13.9. The first-order valence-electron chi connectivity index (χ1n) is 6.52. The highest BCUT2D eigenvalue weighted by atomic mass is 32.2. The van der Waals surface area contributed by atoms with Gasteiger partial charge in [0.15, 0.2) is 5.13 Å². The molecule has 3 rings (SSSR count). The molecule has 6 nitrogen and oxygen atoms in total. The summed E-state index contributed by atoms with van der Waals surface area (Å²) in [4.78, 5) is 33.7. The van der Waals surface area contributed by atoms with E-state index in [4.69, 9.17) is 0 Å². The predicted octanol–water partition coefficient (Wildman–Crippen LogP) is 0.325. The van der Waals surface area contributed by atoms with Gasteiger partial charge in [-0.2, -0.15) is 0 Å². The Hall–Kier alpha value is -1.28. The summed E-state index contributed by atoms with van der Waals surface area (Å²) in [6.45, 7) is 3.24. The molecule has 1 aromatic heterocycles. The second kappa shape index (κ2) is 6.01. The molecule has 0 bridgehead atoms. The third kappa shape index (κ3) is 2.90. The largest absolute Gasteiger partial charge is 0.345 e. The lowest BCUT2D eigenvalue weighted by Crippen LogP contribution is -2.51. The lowest BCUT2D eigenvalue weighted by Gasteiger charge is -2.35. The lowest BCUT2D eigenvalue weighted by atomic mass is 10.3. The van der Waals surface area contributed by atoms with E-state index in [1.54, 1.807) is 34.2 Å². The minimum atomic E-state index is 0.0552. The molecule has 2 fully saturated rings. The van der Waals surface area contributed by atoms with Gasteiger partial charge in [-0.15, -0.1) is 23.1 Å². The van der Waals surface area contributed by atoms with Crippen LogP contribution < -0.4 is 4.90 Å². The SMILES string of the molecule is O=C(CN1CSCC1=O)N1CCN(c2nccs2)CC1. The van der Waals surface area contributed by atoms with Gasteiger partial charge < -0.3 is 14.7 Å². The molecular formula is C12H16N4O2S2. The van der Waals surface area contributed by atoms with Gasteiger partial charge in [-0.1, -0.05) is 0 Å². The summed E-state index contributed by atoms with van der Waals surface area (Å²) < 4.78 is 0. The zero-order valence-corrected chi connectivity index (χ0v) is 12.7. The molecule has 1 aromatic rings. The fourth-order valence-electron chi connectivity index (χ4n) is 2.32. The quantitative estimate of drug-likeness (QED) is 0.805. The summed E-state index contributed by atoms with van der Waals surface area (Å²) in [5.41, 5.74) is 0. The van der Waals surface area contributed by atoms with Crippen molar-refractivity contribution >= 4 is 40.0 Å². The molecule has 2 aliphatic rings. The van der Waals surface area contributed by atoms with E-state index in [-0.39, 0.29) is 18.4 Å². The number of amides is 2. The van der Waals surface area contributed by atoms with Crippen molar-refractivity contribution in [2.75, 3.05) is 49.3 Å². The van der Waals surface area contributed by atoms with E-state index in [1.807, 2.05) is 10.3 Å². The fourth-order valence-corrected chi connectivity index (χ4v) is 3.92. The highest BCUT2D eigenvalue weighted by molar-refractivity contribution is 8.00. The van der Waals surface area contributed by atoms with E-state index in [0.717, 1.165) is 18.2 Å². The molecule has 0 aromatic carbocycles. The molecule has 8 heteroatoms. The number of thioether (sulfide) groups is 1. The number of thiazole rings is 1. The Morgan fingerprint density at radius 2 is 2.10 bits per heavy atom. The van der Waals surface area contributed by atoms with Crippen LogP contribution in [0.25, 0.3) is 0 Å². The van der Waals surface area contributed by atoms with Crippen molar-refractivity contribution in [3.63, 3.8) is 0 Å². The minimum Gasteiger partial charge on any atom is -0.345 e. The van der Waals surface area contributed by atoms with Crippen LogP contribution in [-0.4, -0.2) is 71.0 Å². The van der Waals surface area contributed by atoms with Crippen molar-refractivity contribution in [1.82, 2.24) is 14.8 Å². The van der Waals surface area contributed by atoms with E-state index >= 15 is 0 Å². The van der Waals surface area contributed by atoms with Crippen molar-refractivity contribution in [1.29, 1.82) is 0 Å². The molecule has 108 valence electrons. The van der Waals surface area contributed by atoms with Crippen LogP contribution in [-0.2, 0) is 9.59 Å². The first-order valence-corrected chi connectivity index (χ1v) is 8.55. The number of hydrogen-bond acceptors (Lipinski definition) is 6. The van der Waals surface area contributed by atoms with Gasteiger partial charge in [-0.25, -0.2) is 4.98 Å². The maximum atomic E-state index is 12.2. The molecule has 0 aliphatic carbocycles. The third-order valence-electron chi connectivity index (χ3n) is 3.47. The Balaban J connectivity index is 1.50. The summed E-state index contributed by atoms with van der Waals surface area (Å²) in [5.74, 6) is 1.28. The summed E-state index contributed by atoms with van der Waals surface area (Å²) in [6.07, 6.45) is 1.80. The molecule has 0 unspecified atom stereocenters. The van der Waals surface area contributed by atoms with Crippen molar-refractivity contribution in [2.45, 2.75) is 0 Å². The summed E-state index contributed by atoms with van der Waals surface area (Å²) in [6, 6.07) is 0. The average Bonchev–Trinajstić information content (AvgIpc) is 3.12. The van der Waals surface area contributed by atoms with Crippen molar-refractivity contribution in [3.05, 3.63) is 11.6 Å². The standard InChI is InChI=1S/C12H16N4O2S2/c17-10(7-16-9-19-8-11(16)18)14-2-4-15(5-3-14)12-13-1-6-20-12/h1,6H,2-5,7-9H2. The van der Waals surface area contributed by atoms with Gasteiger partial charge >= 0.3 is 0 Å². The maximum Gasteiger partial charge on any atom is 0.242 e. The van der Waals surface area contributed by atoms with E-state index in [0.29, 0.717) is 24.7 Å². The van der Waals surface area contributed by atoms with E-state index in [2.05, 4.69) is 9.88 Å². The zero-order valence-electron chi connectivity index (χ0n) is 11.0.